The van der Waals surface area contributed by atoms with Crippen LogP contribution in [0, 0.1) is 13.8 Å². The minimum atomic E-state index is 0.200. The van der Waals surface area contributed by atoms with E-state index in [1.807, 2.05) is 14.0 Å². The van der Waals surface area contributed by atoms with E-state index in [2.05, 4.69) is 46.9 Å². The number of nitrogens with zero attached hydrogens (tertiary/aromatic N) is 1. The smallest absolute Gasteiger partial charge is 0.0898 e. The largest absolute Gasteiger partial charge is 0.308 e. The maximum Gasteiger partial charge on any atom is 0.0898 e. The summed E-state index contributed by atoms with van der Waals surface area (Å²) in [7, 11) is 1.97. The lowest BCUT2D eigenvalue weighted by molar-refractivity contribution is 0.674. The Balaban J connectivity index is 2.32. The van der Waals surface area contributed by atoms with Gasteiger partial charge < -0.3 is 5.32 Å². The SMILES string of the molecule is CNC(c1ccc(C)cc1)c1csc(C)n1. The highest BCUT2D eigenvalue weighted by atomic mass is 32.1. The Labute approximate surface area is 100 Å². The summed E-state index contributed by atoms with van der Waals surface area (Å²) in [5, 5.41) is 6.55. The van der Waals surface area contributed by atoms with Crippen LogP contribution < -0.4 is 5.32 Å². The predicted molar refractivity (Wildman–Crippen MR) is 68.9 cm³/mol. The van der Waals surface area contributed by atoms with Gasteiger partial charge in [-0.05, 0) is 26.5 Å². The highest BCUT2D eigenvalue weighted by Gasteiger charge is 2.14. The molecule has 1 N–H and O–H groups in total. The van der Waals surface area contributed by atoms with Crippen molar-refractivity contribution in [1.29, 1.82) is 0 Å². The van der Waals surface area contributed by atoms with Gasteiger partial charge in [0.15, 0.2) is 0 Å². The molecule has 0 amide bonds. The normalized spacial score (nSPS) is 12.7. The average molecular weight is 232 g/mol. The second-order valence-electron chi connectivity index (χ2n) is 3.92. The van der Waals surface area contributed by atoms with Crippen LogP contribution in [0.3, 0.4) is 0 Å². The maximum atomic E-state index is 4.54. The molecule has 1 unspecified atom stereocenters. The van der Waals surface area contributed by atoms with Crippen molar-refractivity contribution in [2.24, 2.45) is 0 Å². The third-order valence-electron chi connectivity index (χ3n) is 2.63. The van der Waals surface area contributed by atoms with Crippen LogP contribution in [0.5, 0.6) is 0 Å². The zero-order valence-corrected chi connectivity index (χ0v) is 10.6. The molecule has 1 aromatic carbocycles. The molecule has 3 heteroatoms. The maximum absolute atomic E-state index is 4.54. The first-order valence-corrected chi connectivity index (χ1v) is 6.24. The Bertz CT molecular complexity index is 459. The second-order valence-corrected chi connectivity index (χ2v) is 4.99. The summed E-state index contributed by atoms with van der Waals surface area (Å²) in [4.78, 5) is 4.54. The Kier molecular flexibility index (Phi) is 3.36. The van der Waals surface area contributed by atoms with E-state index in [0.717, 1.165) is 10.7 Å². The quantitative estimate of drug-likeness (QED) is 0.879. The lowest BCUT2D eigenvalue weighted by Gasteiger charge is -2.14. The van der Waals surface area contributed by atoms with Crippen LogP contribution >= 0.6 is 11.3 Å². The molecule has 0 aliphatic heterocycles. The number of thiazole rings is 1. The van der Waals surface area contributed by atoms with Crippen molar-refractivity contribution < 1.29 is 0 Å². The summed E-state index contributed by atoms with van der Waals surface area (Å²) in [6, 6.07) is 8.79. The van der Waals surface area contributed by atoms with Crippen molar-refractivity contribution >= 4 is 11.3 Å². The molecule has 2 rings (SSSR count). The Hall–Kier alpha value is -1.19. The van der Waals surface area contributed by atoms with Gasteiger partial charge in [-0.2, -0.15) is 0 Å². The van der Waals surface area contributed by atoms with Crippen molar-refractivity contribution in [1.82, 2.24) is 10.3 Å². The number of hydrogen-bond acceptors (Lipinski definition) is 3. The van der Waals surface area contributed by atoms with E-state index in [1.165, 1.54) is 11.1 Å². The Morgan fingerprint density at radius 2 is 1.88 bits per heavy atom. The number of benzene rings is 1. The molecule has 1 heterocycles. The fourth-order valence-electron chi connectivity index (χ4n) is 1.76. The minimum Gasteiger partial charge on any atom is -0.308 e. The fraction of sp³-hybridized carbons (Fsp3) is 0.308. The van der Waals surface area contributed by atoms with Gasteiger partial charge in [0.05, 0.1) is 16.7 Å². The van der Waals surface area contributed by atoms with E-state index >= 15 is 0 Å². The zero-order valence-electron chi connectivity index (χ0n) is 9.82. The van der Waals surface area contributed by atoms with Crippen molar-refractivity contribution in [3.8, 4) is 0 Å². The molecule has 0 aliphatic carbocycles. The van der Waals surface area contributed by atoms with E-state index in [4.69, 9.17) is 0 Å². The van der Waals surface area contributed by atoms with E-state index in [9.17, 15) is 0 Å². The molecule has 84 valence electrons. The van der Waals surface area contributed by atoms with Crippen molar-refractivity contribution in [3.63, 3.8) is 0 Å². The van der Waals surface area contributed by atoms with Crippen LogP contribution in [0.25, 0.3) is 0 Å². The van der Waals surface area contributed by atoms with Crippen LogP contribution in [0.1, 0.15) is 27.9 Å². The molecular weight excluding hydrogens is 216 g/mol. The van der Waals surface area contributed by atoms with Gasteiger partial charge in [-0.15, -0.1) is 11.3 Å². The average Bonchev–Trinajstić information content (AvgIpc) is 2.69. The second kappa shape index (κ2) is 4.76. The molecule has 1 aromatic heterocycles. The summed E-state index contributed by atoms with van der Waals surface area (Å²) < 4.78 is 0. The van der Waals surface area contributed by atoms with Gasteiger partial charge in [0, 0.05) is 5.38 Å². The van der Waals surface area contributed by atoms with E-state index < -0.39 is 0 Å². The van der Waals surface area contributed by atoms with Crippen LogP contribution in [0.2, 0.25) is 0 Å². The van der Waals surface area contributed by atoms with Gasteiger partial charge in [-0.1, -0.05) is 29.8 Å². The summed E-state index contributed by atoms with van der Waals surface area (Å²) in [5.74, 6) is 0. The molecule has 0 fully saturated rings. The summed E-state index contributed by atoms with van der Waals surface area (Å²) in [6.07, 6.45) is 0. The van der Waals surface area contributed by atoms with E-state index in [0.29, 0.717) is 0 Å². The van der Waals surface area contributed by atoms with Crippen LogP contribution in [-0.4, -0.2) is 12.0 Å². The molecular formula is C13H16N2S. The summed E-state index contributed by atoms with van der Waals surface area (Å²) in [6.45, 7) is 4.14. The van der Waals surface area contributed by atoms with Gasteiger partial charge in [-0.3, -0.25) is 0 Å². The number of rotatable bonds is 3. The van der Waals surface area contributed by atoms with Gasteiger partial charge in [0.1, 0.15) is 0 Å². The van der Waals surface area contributed by atoms with E-state index in [-0.39, 0.29) is 6.04 Å². The monoisotopic (exact) mass is 232 g/mol. The Morgan fingerprint density at radius 1 is 1.19 bits per heavy atom. The third-order valence-corrected chi connectivity index (χ3v) is 3.42. The number of aryl methyl sites for hydroxylation is 2. The Morgan fingerprint density at radius 3 is 2.38 bits per heavy atom. The van der Waals surface area contributed by atoms with E-state index in [1.54, 1.807) is 11.3 Å². The molecule has 0 aliphatic rings. The van der Waals surface area contributed by atoms with Crippen LogP contribution in [0.15, 0.2) is 29.6 Å². The summed E-state index contributed by atoms with van der Waals surface area (Å²) in [5.41, 5.74) is 3.65. The van der Waals surface area contributed by atoms with Crippen LogP contribution in [0.4, 0.5) is 0 Å². The molecule has 0 saturated heterocycles. The molecule has 0 bridgehead atoms. The molecule has 2 nitrogen and oxygen atoms in total. The zero-order chi connectivity index (χ0) is 11.5. The molecule has 16 heavy (non-hydrogen) atoms. The standard InChI is InChI=1S/C13H16N2S/c1-9-4-6-11(7-5-9)13(14-3)12-8-16-10(2)15-12/h4-8,13-14H,1-3H3. The van der Waals surface area contributed by atoms with Gasteiger partial charge in [-0.25, -0.2) is 4.98 Å². The predicted octanol–water partition coefficient (Wildman–Crippen LogP) is 3.07. The number of nitrogens with one attached hydrogen (secondary N) is 1. The minimum absolute atomic E-state index is 0.200. The molecule has 0 saturated carbocycles. The highest BCUT2D eigenvalue weighted by Crippen LogP contribution is 2.23. The highest BCUT2D eigenvalue weighted by molar-refractivity contribution is 7.09. The van der Waals surface area contributed by atoms with Gasteiger partial charge >= 0.3 is 0 Å². The summed E-state index contributed by atoms with van der Waals surface area (Å²) >= 11 is 1.69. The van der Waals surface area contributed by atoms with Gasteiger partial charge in [0.25, 0.3) is 0 Å². The third kappa shape index (κ3) is 2.31. The number of hydrogen-bond donors (Lipinski definition) is 1. The first-order valence-electron chi connectivity index (χ1n) is 5.36. The van der Waals surface area contributed by atoms with Crippen LogP contribution in [-0.2, 0) is 0 Å². The van der Waals surface area contributed by atoms with Crippen molar-refractivity contribution in [2.45, 2.75) is 19.9 Å². The first kappa shape index (κ1) is 11.3. The van der Waals surface area contributed by atoms with Gasteiger partial charge in [0.2, 0.25) is 0 Å². The molecule has 2 aromatic rings. The fourth-order valence-corrected chi connectivity index (χ4v) is 2.40. The van der Waals surface area contributed by atoms with Crippen molar-refractivity contribution in [2.75, 3.05) is 7.05 Å². The van der Waals surface area contributed by atoms with Crippen molar-refractivity contribution in [3.05, 3.63) is 51.5 Å². The topological polar surface area (TPSA) is 24.9 Å². The number of aromatic nitrogens is 1. The molecule has 0 radical (unpaired) electrons. The lowest BCUT2D eigenvalue weighted by Crippen LogP contribution is -2.17. The lowest BCUT2D eigenvalue weighted by atomic mass is 10.0. The molecule has 1 atom stereocenters. The first-order chi connectivity index (χ1) is 7.70. The molecule has 0 spiro atoms.